The first-order valence-corrected chi connectivity index (χ1v) is 9.34. The second kappa shape index (κ2) is 7.90. The molecular weight excluding hydrogens is 316 g/mol. The molecule has 0 unspecified atom stereocenters. The molecule has 1 heterocycles. The van der Waals surface area contributed by atoms with Crippen LogP contribution in [0.4, 0.5) is 0 Å². The predicted octanol–water partition coefficient (Wildman–Crippen LogP) is 1.28. The topological polar surface area (TPSA) is 84.5 Å². The fraction of sp³-hybridized carbons (Fsp3) is 0.562. The zero-order valence-electron chi connectivity index (χ0n) is 13.5. The maximum absolute atomic E-state index is 12.5. The second-order valence-corrected chi connectivity index (χ2v) is 7.89. The summed E-state index contributed by atoms with van der Waals surface area (Å²) in [6.45, 7) is 4.88. The smallest absolute Gasteiger partial charge is 0.323 e. The van der Waals surface area contributed by atoms with Crippen LogP contribution in [-0.4, -0.2) is 39.6 Å². The number of nitrogens with one attached hydrogen (secondary N) is 2. The Balaban J connectivity index is 2.01. The van der Waals surface area contributed by atoms with Crippen molar-refractivity contribution in [3.63, 3.8) is 0 Å². The number of hydrogen-bond acceptors (Lipinski definition) is 5. The zero-order valence-corrected chi connectivity index (χ0v) is 14.3. The van der Waals surface area contributed by atoms with E-state index < -0.39 is 10.0 Å². The number of esters is 1. The Bertz CT molecular complexity index is 616. The lowest BCUT2D eigenvalue weighted by Crippen LogP contribution is -2.46. The fourth-order valence-corrected chi connectivity index (χ4v) is 3.86. The van der Waals surface area contributed by atoms with Crippen molar-refractivity contribution < 1.29 is 17.9 Å². The van der Waals surface area contributed by atoms with Gasteiger partial charge in [0, 0.05) is 19.0 Å². The molecule has 0 aliphatic carbocycles. The number of ether oxygens (including phenoxy) is 1. The van der Waals surface area contributed by atoms with Crippen molar-refractivity contribution in [3.05, 3.63) is 30.3 Å². The molecule has 0 amide bonds. The van der Waals surface area contributed by atoms with E-state index in [0.29, 0.717) is 31.9 Å². The second-order valence-electron chi connectivity index (χ2n) is 6.18. The molecule has 2 N–H and O–H groups in total. The van der Waals surface area contributed by atoms with Gasteiger partial charge in [0.05, 0.1) is 11.5 Å². The third kappa shape index (κ3) is 5.30. The van der Waals surface area contributed by atoms with Crippen molar-refractivity contribution in [2.75, 3.05) is 13.2 Å². The number of carbonyl (C=O) groups excluding carboxylic acids is 1. The first-order chi connectivity index (χ1) is 10.9. The van der Waals surface area contributed by atoms with E-state index in [2.05, 4.69) is 10.0 Å². The first kappa shape index (κ1) is 17.9. The summed E-state index contributed by atoms with van der Waals surface area (Å²) in [6, 6.07) is 7.67. The van der Waals surface area contributed by atoms with Crippen LogP contribution in [0.15, 0.2) is 35.2 Å². The summed E-state index contributed by atoms with van der Waals surface area (Å²) in [5.41, 5.74) is 0. The highest BCUT2D eigenvalue weighted by atomic mass is 32.2. The quantitative estimate of drug-likeness (QED) is 0.697. The van der Waals surface area contributed by atoms with Gasteiger partial charge in [0.2, 0.25) is 10.0 Å². The van der Waals surface area contributed by atoms with E-state index in [1.54, 1.807) is 30.3 Å². The molecule has 2 rings (SSSR count). The lowest BCUT2D eigenvalue weighted by atomic mass is 10.0. The molecule has 0 bridgehead atoms. The Labute approximate surface area is 137 Å². The summed E-state index contributed by atoms with van der Waals surface area (Å²) >= 11 is 0. The standard InChI is InChI=1S/C16H24N2O4S/c1-12(2)10-13(11-17-15-8-9-22-16(15)19)18-23(20,21)14-6-4-3-5-7-14/h3-7,12-13,15,17-18H,8-11H2,1-2H3/t13-,15+/m1/s1. The molecule has 128 valence electrons. The van der Waals surface area contributed by atoms with Gasteiger partial charge in [-0.05, 0) is 24.5 Å². The van der Waals surface area contributed by atoms with Crippen molar-refractivity contribution >= 4 is 16.0 Å². The van der Waals surface area contributed by atoms with Gasteiger partial charge in [0.25, 0.3) is 0 Å². The average Bonchev–Trinajstić information content (AvgIpc) is 2.90. The SMILES string of the molecule is CC(C)C[C@H](CN[C@H]1CCOC1=O)NS(=O)(=O)c1ccccc1. The number of rotatable bonds is 8. The lowest BCUT2D eigenvalue weighted by Gasteiger charge is -2.22. The minimum atomic E-state index is -3.57. The van der Waals surface area contributed by atoms with Crippen LogP contribution in [0.5, 0.6) is 0 Å². The van der Waals surface area contributed by atoms with Gasteiger partial charge in [-0.1, -0.05) is 32.0 Å². The van der Waals surface area contributed by atoms with E-state index in [4.69, 9.17) is 4.74 Å². The van der Waals surface area contributed by atoms with Crippen LogP contribution in [0, 0.1) is 5.92 Å². The molecule has 1 aliphatic rings. The van der Waals surface area contributed by atoms with Gasteiger partial charge in [-0.3, -0.25) is 4.79 Å². The Morgan fingerprint density at radius 3 is 2.52 bits per heavy atom. The third-order valence-corrected chi connectivity index (χ3v) is 5.21. The molecule has 0 saturated carbocycles. The highest BCUT2D eigenvalue weighted by Gasteiger charge is 2.28. The van der Waals surface area contributed by atoms with E-state index in [-0.39, 0.29) is 22.9 Å². The van der Waals surface area contributed by atoms with Gasteiger partial charge in [-0.15, -0.1) is 0 Å². The molecule has 0 aromatic heterocycles. The van der Waals surface area contributed by atoms with Crippen LogP contribution in [0.2, 0.25) is 0 Å². The first-order valence-electron chi connectivity index (χ1n) is 7.86. The van der Waals surface area contributed by atoms with Crippen LogP contribution in [0.1, 0.15) is 26.7 Å². The largest absolute Gasteiger partial charge is 0.464 e. The molecule has 1 aromatic carbocycles. The van der Waals surface area contributed by atoms with Crippen molar-refractivity contribution in [1.29, 1.82) is 0 Å². The summed E-state index contributed by atoms with van der Waals surface area (Å²) in [6.07, 6.45) is 1.31. The molecule has 2 atom stereocenters. The average molecular weight is 340 g/mol. The number of carbonyl (C=O) groups is 1. The molecule has 0 spiro atoms. The fourth-order valence-electron chi connectivity index (χ4n) is 2.59. The van der Waals surface area contributed by atoms with Crippen LogP contribution in [0.25, 0.3) is 0 Å². The van der Waals surface area contributed by atoms with Gasteiger partial charge < -0.3 is 10.1 Å². The van der Waals surface area contributed by atoms with Gasteiger partial charge >= 0.3 is 5.97 Å². The summed E-state index contributed by atoms with van der Waals surface area (Å²) < 4.78 is 32.6. The summed E-state index contributed by atoms with van der Waals surface area (Å²) in [5, 5.41) is 3.11. The van der Waals surface area contributed by atoms with E-state index in [9.17, 15) is 13.2 Å². The van der Waals surface area contributed by atoms with Gasteiger partial charge in [0.15, 0.2) is 0 Å². The van der Waals surface area contributed by atoms with E-state index >= 15 is 0 Å². The molecule has 7 heteroatoms. The van der Waals surface area contributed by atoms with Crippen molar-refractivity contribution in [1.82, 2.24) is 10.0 Å². The van der Waals surface area contributed by atoms with Crippen LogP contribution >= 0.6 is 0 Å². The van der Waals surface area contributed by atoms with Crippen molar-refractivity contribution in [2.24, 2.45) is 5.92 Å². The number of sulfonamides is 1. The van der Waals surface area contributed by atoms with Crippen LogP contribution in [0.3, 0.4) is 0 Å². The number of benzene rings is 1. The Kier molecular flexibility index (Phi) is 6.15. The molecule has 0 radical (unpaired) electrons. The summed E-state index contributed by atoms with van der Waals surface area (Å²) in [4.78, 5) is 11.7. The number of hydrogen-bond donors (Lipinski definition) is 2. The minimum absolute atomic E-state index is 0.244. The maximum atomic E-state index is 12.5. The van der Waals surface area contributed by atoms with Crippen molar-refractivity contribution in [3.8, 4) is 0 Å². The third-order valence-electron chi connectivity index (χ3n) is 3.68. The van der Waals surface area contributed by atoms with Gasteiger partial charge in [-0.25, -0.2) is 13.1 Å². The normalized spacial score (nSPS) is 19.8. The van der Waals surface area contributed by atoms with E-state index in [1.165, 1.54) is 0 Å². The van der Waals surface area contributed by atoms with Gasteiger partial charge in [-0.2, -0.15) is 0 Å². The molecular formula is C16H24N2O4S. The zero-order chi connectivity index (χ0) is 16.9. The maximum Gasteiger partial charge on any atom is 0.323 e. The van der Waals surface area contributed by atoms with E-state index in [1.807, 2.05) is 13.8 Å². The minimum Gasteiger partial charge on any atom is -0.464 e. The van der Waals surface area contributed by atoms with Crippen molar-refractivity contribution in [2.45, 2.75) is 43.7 Å². The monoisotopic (exact) mass is 340 g/mol. The van der Waals surface area contributed by atoms with Gasteiger partial charge in [0.1, 0.15) is 6.04 Å². The predicted molar refractivity (Wildman–Crippen MR) is 87.4 cm³/mol. The Morgan fingerprint density at radius 2 is 1.96 bits per heavy atom. The molecule has 6 nitrogen and oxygen atoms in total. The summed E-state index contributed by atoms with van der Waals surface area (Å²) in [5.74, 6) is 0.0648. The molecule has 23 heavy (non-hydrogen) atoms. The van der Waals surface area contributed by atoms with Crippen LogP contribution in [-0.2, 0) is 19.6 Å². The highest BCUT2D eigenvalue weighted by molar-refractivity contribution is 7.89. The molecule has 1 fully saturated rings. The molecule has 1 aliphatic heterocycles. The van der Waals surface area contributed by atoms with Crippen LogP contribution < -0.4 is 10.0 Å². The Morgan fingerprint density at radius 1 is 1.26 bits per heavy atom. The van der Waals surface area contributed by atoms with E-state index in [0.717, 1.165) is 0 Å². The highest BCUT2D eigenvalue weighted by Crippen LogP contribution is 2.12. The Hall–Kier alpha value is -1.44. The molecule has 1 aromatic rings. The molecule has 1 saturated heterocycles. The number of cyclic esters (lactones) is 1. The lowest BCUT2D eigenvalue weighted by molar-refractivity contribution is -0.139. The summed E-state index contributed by atoms with van der Waals surface area (Å²) in [7, 11) is -3.57.